The van der Waals surface area contributed by atoms with E-state index in [4.69, 9.17) is 9.15 Å². The summed E-state index contributed by atoms with van der Waals surface area (Å²) in [6.07, 6.45) is 3.25. The number of hydrogen-bond acceptors (Lipinski definition) is 6. The molecule has 1 amide bonds. The third-order valence-electron chi connectivity index (χ3n) is 4.67. The average molecular weight is 435 g/mol. The lowest BCUT2D eigenvalue weighted by atomic mass is 10.2. The van der Waals surface area contributed by atoms with Gasteiger partial charge in [-0.2, -0.15) is 0 Å². The first-order valence-electron chi connectivity index (χ1n) is 9.74. The zero-order chi connectivity index (χ0) is 21.5. The largest absolute Gasteiger partial charge is 0.497 e. The highest BCUT2D eigenvalue weighted by molar-refractivity contribution is 7.99. The number of furan rings is 1. The van der Waals surface area contributed by atoms with Crippen molar-refractivity contribution in [1.29, 1.82) is 0 Å². The number of thioether (sulfide) groups is 1. The van der Waals surface area contributed by atoms with Crippen LogP contribution in [0.1, 0.15) is 11.3 Å². The number of nitrogens with zero attached hydrogens (tertiary/aromatic N) is 4. The topological polar surface area (TPSA) is 73.4 Å². The Hall–Kier alpha value is -3.52. The Morgan fingerprint density at radius 3 is 2.74 bits per heavy atom. The van der Waals surface area contributed by atoms with Crippen molar-refractivity contribution in [2.24, 2.45) is 0 Å². The van der Waals surface area contributed by atoms with Crippen LogP contribution in [0.25, 0.3) is 5.69 Å². The summed E-state index contributed by atoms with van der Waals surface area (Å²) in [5, 5.41) is 8.84. The van der Waals surface area contributed by atoms with Crippen LogP contribution in [-0.2, 0) is 17.9 Å². The maximum Gasteiger partial charge on any atom is 0.233 e. The minimum Gasteiger partial charge on any atom is -0.497 e. The Kier molecular flexibility index (Phi) is 6.68. The number of carbonyl (C=O) groups is 1. The molecule has 0 aliphatic heterocycles. The molecule has 2 aromatic carbocycles. The van der Waals surface area contributed by atoms with E-state index in [0.29, 0.717) is 18.2 Å². The Bertz CT molecular complexity index is 1110. The summed E-state index contributed by atoms with van der Waals surface area (Å²) >= 11 is 1.35. The van der Waals surface area contributed by atoms with Gasteiger partial charge in [0.25, 0.3) is 0 Å². The second kappa shape index (κ2) is 9.99. The Morgan fingerprint density at radius 2 is 1.97 bits per heavy atom. The summed E-state index contributed by atoms with van der Waals surface area (Å²) in [7, 11) is 1.62. The van der Waals surface area contributed by atoms with Crippen molar-refractivity contribution >= 4 is 17.7 Å². The van der Waals surface area contributed by atoms with Gasteiger partial charge in [-0.1, -0.05) is 48.2 Å². The maximum atomic E-state index is 13.1. The molecule has 0 saturated heterocycles. The van der Waals surface area contributed by atoms with E-state index >= 15 is 0 Å². The predicted molar refractivity (Wildman–Crippen MR) is 118 cm³/mol. The van der Waals surface area contributed by atoms with E-state index in [0.717, 1.165) is 22.8 Å². The van der Waals surface area contributed by atoms with Crippen LogP contribution in [0.3, 0.4) is 0 Å². The zero-order valence-electron chi connectivity index (χ0n) is 17.0. The highest BCUT2D eigenvalue weighted by atomic mass is 32.2. The van der Waals surface area contributed by atoms with Crippen LogP contribution in [0, 0.1) is 0 Å². The second-order valence-corrected chi connectivity index (χ2v) is 7.73. The summed E-state index contributed by atoms with van der Waals surface area (Å²) in [6.45, 7) is 0.910. The molecule has 4 aromatic rings. The van der Waals surface area contributed by atoms with Crippen LogP contribution >= 0.6 is 11.8 Å². The fourth-order valence-electron chi connectivity index (χ4n) is 3.10. The van der Waals surface area contributed by atoms with Crippen molar-refractivity contribution in [2.45, 2.75) is 18.2 Å². The van der Waals surface area contributed by atoms with Gasteiger partial charge in [-0.05, 0) is 29.8 Å². The van der Waals surface area contributed by atoms with E-state index in [2.05, 4.69) is 10.2 Å². The molecule has 31 heavy (non-hydrogen) atoms. The molecule has 0 unspecified atom stereocenters. The summed E-state index contributed by atoms with van der Waals surface area (Å²) in [6, 6.07) is 21.2. The lowest BCUT2D eigenvalue weighted by molar-refractivity contribution is -0.129. The average Bonchev–Trinajstić information content (AvgIpc) is 3.50. The number of carbonyl (C=O) groups excluding carboxylic acids is 1. The number of methoxy groups -OCH3 is 1. The van der Waals surface area contributed by atoms with E-state index in [-0.39, 0.29) is 11.7 Å². The normalized spacial score (nSPS) is 10.7. The van der Waals surface area contributed by atoms with E-state index in [9.17, 15) is 4.79 Å². The van der Waals surface area contributed by atoms with Crippen molar-refractivity contribution in [3.05, 3.63) is 90.6 Å². The van der Waals surface area contributed by atoms with Gasteiger partial charge in [-0.15, -0.1) is 10.2 Å². The fourth-order valence-corrected chi connectivity index (χ4v) is 3.94. The third-order valence-corrected chi connectivity index (χ3v) is 5.60. The molecule has 0 fully saturated rings. The molecule has 2 heterocycles. The monoisotopic (exact) mass is 434 g/mol. The molecular formula is C23H22N4O3S. The molecule has 158 valence electrons. The van der Waals surface area contributed by atoms with Gasteiger partial charge in [0.2, 0.25) is 5.91 Å². The van der Waals surface area contributed by atoms with Crippen LogP contribution < -0.4 is 4.74 Å². The van der Waals surface area contributed by atoms with Gasteiger partial charge < -0.3 is 14.1 Å². The molecule has 0 spiro atoms. The van der Waals surface area contributed by atoms with E-state index in [1.807, 2.05) is 71.3 Å². The lowest BCUT2D eigenvalue weighted by Crippen LogP contribution is -2.31. The Balaban J connectivity index is 1.47. The van der Waals surface area contributed by atoms with Crippen molar-refractivity contribution in [1.82, 2.24) is 19.7 Å². The van der Waals surface area contributed by atoms with Crippen molar-refractivity contribution in [3.8, 4) is 11.4 Å². The molecule has 0 radical (unpaired) electrons. The molecule has 0 N–H and O–H groups in total. The smallest absolute Gasteiger partial charge is 0.233 e. The van der Waals surface area contributed by atoms with Crippen molar-refractivity contribution in [3.63, 3.8) is 0 Å². The van der Waals surface area contributed by atoms with Gasteiger partial charge >= 0.3 is 0 Å². The molecule has 4 rings (SSSR count). The van der Waals surface area contributed by atoms with Gasteiger partial charge in [-0.25, -0.2) is 0 Å². The van der Waals surface area contributed by atoms with Crippen molar-refractivity contribution < 1.29 is 13.9 Å². The molecule has 7 nitrogen and oxygen atoms in total. The molecule has 0 saturated carbocycles. The predicted octanol–water partition coefficient (Wildman–Crippen LogP) is 4.19. The summed E-state index contributed by atoms with van der Waals surface area (Å²) in [4.78, 5) is 14.9. The van der Waals surface area contributed by atoms with E-state index in [1.165, 1.54) is 11.8 Å². The highest BCUT2D eigenvalue weighted by Crippen LogP contribution is 2.23. The molecule has 0 atom stereocenters. The summed E-state index contributed by atoms with van der Waals surface area (Å²) < 4.78 is 12.6. The van der Waals surface area contributed by atoms with Crippen LogP contribution in [0.15, 0.2) is 88.9 Å². The van der Waals surface area contributed by atoms with Crippen LogP contribution in [0.4, 0.5) is 0 Å². The van der Waals surface area contributed by atoms with Gasteiger partial charge in [0.15, 0.2) is 5.16 Å². The van der Waals surface area contributed by atoms with Crippen molar-refractivity contribution in [2.75, 3.05) is 12.9 Å². The van der Waals surface area contributed by atoms with Crippen LogP contribution in [-0.4, -0.2) is 38.4 Å². The summed E-state index contributed by atoms with van der Waals surface area (Å²) in [5.41, 5.74) is 1.93. The summed E-state index contributed by atoms with van der Waals surface area (Å²) in [5.74, 6) is 1.71. The standard InChI is InChI=1S/C23H22N4O3S/c1-29-20-10-5-9-19(13-20)27-17-24-25-23(27)31-16-22(28)26(15-21-11-6-12-30-21)14-18-7-3-2-4-8-18/h2-13,17H,14-16H2,1H3. The quantitative estimate of drug-likeness (QED) is 0.368. The van der Waals surface area contributed by atoms with E-state index < -0.39 is 0 Å². The minimum absolute atomic E-state index is 0.00885. The number of aromatic nitrogens is 3. The van der Waals surface area contributed by atoms with E-state index in [1.54, 1.807) is 24.6 Å². The number of rotatable bonds is 9. The molecule has 2 aromatic heterocycles. The Morgan fingerprint density at radius 1 is 1.10 bits per heavy atom. The number of amides is 1. The number of benzene rings is 2. The first-order valence-corrected chi connectivity index (χ1v) is 10.7. The van der Waals surface area contributed by atoms with Gasteiger partial charge in [0.05, 0.1) is 31.4 Å². The maximum absolute atomic E-state index is 13.1. The molecule has 8 heteroatoms. The first-order chi connectivity index (χ1) is 15.2. The van der Waals surface area contributed by atoms with Crippen LogP contribution in [0.5, 0.6) is 5.75 Å². The van der Waals surface area contributed by atoms with Gasteiger partial charge in [0, 0.05) is 12.6 Å². The minimum atomic E-state index is -0.00885. The fraction of sp³-hybridized carbons (Fsp3) is 0.174. The SMILES string of the molecule is COc1cccc(-n2cnnc2SCC(=O)N(Cc2ccccc2)Cc2ccco2)c1. The van der Waals surface area contributed by atoms with Gasteiger partial charge in [0.1, 0.15) is 17.8 Å². The molecule has 0 aliphatic carbocycles. The van der Waals surface area contributed by atoms with Gasteiger partial charge in [-0.3, -0.25) is 9.36 Å². The van der Waals surface area contributed by atoms with Crippen LogP contribution in [0.2, 0.25) is 0 Å². The second-order valence-electron chi connectivity index (χ2n) is 6.79. The first kappa shape index (κ1) is 20.7. The molecule has 0 bridgehead atoms. The lowest BCUT2D eigenvalue weighted by Gasteiger charge is -2.21. The molecular weight excluding hydrogens is 412 g/mol. The number of hydrogen-bond donors (Lipinski definition) is 0. The third kappa shape index (κ3) is 5.35. The Labute approximate surface area is 184 Å². The zero-order valence-corrected chi connectivity index (χ0v) is 17.9. The number of ether oxygens (including phenoxy) is 1. The highest BCUT2D eigenvalue weighted by Gasteiger charge is 2.18. The molecule has 0 aliphatic rings.